The zero-order valence-electron chi connectivity index (χ0n) is 15.7. The zero-order chi connectivity index (χ0) is 21.4. The number of halogens is 2. The lowest BCUT2D eigenvalue weighted by Crippen LogP contribution is -2.27. The molecule has 11 heteroatoms. The second kappa shape index (κ2) is 10.7. The molecule has 0 aliphatic heterocycles. The third kappa shape index (κ3) is 6.76. The Bertz CT molecular complexity index is 969. The summed E-state index contributed by atoms with van der Waals surface area (Å²) in [6.07, 6.45) is 0. The fraction of sp³-hybridized carbons (Fsp3) is 0.278. The highest BCUT2D eigenvalue weighted by atomic mass is 35.5. The number of methoxy groups -OCH3 is 2. The summed E-state index contributed by atoms with van der Waals surface area (Å²) >= 11 is 12.0. The summed E-state index contributed by atoms with van der Waals surface area (Å²) in [5.41, 5.74) is 0.392. The smallest absolute Gasteiger partial charge is 0.262 e. The van der Waals surface area contributed by atoms with Gasteiger partial charge in [-0.25, -0.2) is 13.1 Å². The zero-order valence-corrected chi connectivity index (χ0v) is 18.0. The third-order valence-corrected chi connectivity index (χ3v) is 5.60. The molecule has 2 aromatic carbocycles. The SMILES string of the molecule is COCCNS(=O)(=O)c1ccc(OCC(=O)Nc2cc(Cl)ccc2OC)c(Cl)c1. The van der Waals surface area contributed by atoms with Crippen LogP contribution in [0.15, 0.2) is 41.3 Å². The molecule has 8 nitrogen and oxygen atoms in total. The molecule has 0 saturated heterocycles. The molecule has 0 radical (unpaired) electrons. The van der Waals surface area contributed by atoms with Crippen LogP contribution in [-0.4, -0.2) is 48.3 Å². The normalized spacial score (nSPS) is 11.2. The van der Waals surface area contributed by atoms with Gasteiger partial charge in [-0.15, -0.1) is 0 Å². The Kier molecular flexibility index (Phi) is 8.54. The van der Waals surface area contributed by atoms with E-state index in [1.54, 1.807) is 18.2 Å². The summed E-state index contributed by atoms with van der Waals surface area (Å²) in [5.74, 6) is 0.131. The molecule has 2 rings (SSSR count). The van der Waals surface area contributed by atoms with Crippen LogP contribution in [0.2, 0.25) is 10.0 Å². The highest BCUT2D eigenvalue weighted by Crippen LogP contribution is 2.29. The van der Waals surface area contributed by atoms with Crippen molar-refractivity contribution < 1.29 is 27.4 Å². The summed E-state index contributed by atoms with van der Waals surface area (Å²) in [7, 11) is -0.796. The first-order chi connectivity index (χ1) is 13.8. The van der Waals surface area contributed by atoms with Gasteiger partial charge < -0.3 is 19.5 Å². The minimum absolute atomic E-state index is 0.0286. The van der Waals surface area contributed by atoms with Gasteiger partial charge in [-0.1, -0.05) is 23.2 Å². The topological polar surface area (TPSA) is 103 Å². The molecule has 0 aromatic heterocycles. The van der Waals surface area contributed by atoms with Crippen LogP contribution in [-0.2, 0) is 19.6 Å². The molecule has 0 bridgehead atoms. The molecule has 0 aliphatic rings. The molecular weight excluding hydrogens is 443 g/mol. The molecule has 0 unspecified atom stereocenters. The second-order valence-electron chi connectivity index (χ2n) is 5.66. The van der Waals surface area contributed by atoms with Gasteiger partial charge in [-0.3, -0.25) is 4.79 Å². The van der Waals surface area contributed by atoms with E-state index in [4.69, 9.17) is 37.4 Å². The highest BCUT2D eigenvalue weighted by molar-refractivity contribution is 7.89. The number of ether oxygens (including phenoxy) is 3. The van der Waals surface area contributed by atoms with Gasteiger partial charge in [0.15, 0.2) is 6.61 Å². The van der Waals surface area contributed by atoms with Crippen molar-refractivity contribution in [1.82, 2.24) is 4.72 Å². The lowest BCUT2D eigenvalue weighted by atomic mass is 10.3. The van der Waals surface area contributed by atoms with Gasteiger partial charge in [0.05, 0.1) is 29.3 Å². The quantitative estimate of drug-likeness (QED) is 0.526. The molecule has 0 heterocycles. The van der Waals surface area contributed by atoms with E-state index in [1.165, 1.54) is 32.4 Å². The number of anilines is 1. The number of benzene rings is 2. The molecule has 0 spiro atoms. The fourth-order valence-electron chi connectivity index (χ4n) is 2.23. The second-order valence-corrected chi connectivity index (χ2v) is 8.27. The van der Waals surface area contributed by atoms with Crippen LogP contribution in [0.1, 0.15) is 0 Å². The molecule has 2 N–H and O–H groups in total. The maximum Gasteiger partial charge on any atom is 0.262 e. The van der Waals surface area contributed by atoms with Crippen molar-refractivity contribution in [2.45, 2.75) is 4.90 Å². The summed E-state index contributed by atoms with van der Waals surface area (Å²) in [4.78, 5) is 12.1. The van der Waals surface area contributed by atoms with Gasteiger partial charge in [-0.05, 0) is 36.4 Å². The van der Waals surface area contributed by atoms with Gasteiger partial charge in [0, 0.05) is 18.7 Å². The van der Waals surface area contributed by atoms with E-state index < -0.39 is 15.9 Å². The van der Waals surface area contributed by atoms with Crippen LogP contribution in [0.5, 0.6) is 11.5 Å². The molecule has 0 fully saturated rings. The highest BCUT2D eigenvalue weighted by Gasteiger charge is 2.16. The Hall–Kier alpha value is -2.04. The number of hydrogen-bond acceptors (Lipinski definition) is 6. The van der Waals surface area contributed by atoms with Crippen LogP contribution in [0.4, 0.5) is 5.69 Å². The van der Waals surface area contributed by atoms with Crippen LogP contribution < -0.4 is 19.5 Å². The van der Waals surface area contributed by atoms with Gasteiger partial charge in [0.1, 0.15) is 11.5 Å². The number of carbonyl (C=O) groups is 1. The Morgan fingerprint density at radius 1 is 1.07 bits per heavy atom. The van der Waals surface area contributed by atoms with E-state index in [2.05, 4.69) is 10.0 Å². The minimum atomic E-state index is -3.73. The van der Waals surface area contributed by atoms with Crippen molar-refractivity contribution in [3.63, 3.8) is 0 Å². The predicted molar refractivity (Wildman–Crippen MR) is 111 cm³/mol. The standard InChI is InChI=1S/C18H20Cl2N2O6S/c1-26-8-7-21-29(24,25)13-4-6-16(14(20)10-13)28-11-18(23)22-15-9-12(19)3-5-17(15)27-2/h3-6,9-10,21H,7-8,11H2,1-2H3,(H,22,23). The van der Waals surface area contributed by atoms with E-state index in [0.717, 1.165) is 0 Å². The Balaban J connectivity index is 2.01. The van der Waals surface area contributed by atoms with Gasteiger partial charge in [-0.2, -0.15) is 0 Å². The first kappa shape index (κ1) is 23.2. The molecule has 0 saturated carbocycles. The minimum Gasteiger partial charge on any atom is -0.495 e. The van der Waals surface area contributed by atoms with Crippen LogP contribution in [0.25, 0.3) is 0 Å². The Morgan fingerprint density at radius 2 is 1.79 bits per heavy atom. The first-order valence-corrected chi connectivity index (χ1v) is 10.5. The van der Waals surface area contributed by atoms with E-state index in [-0.39, 0.29) is 35.4 Å². The van der Waals surface area contributed by atoms with Crippen molar-refractivity contribution in [1.29, 1.82) is 0 Å². The van der Waals surface area contributed by atoms with Crippen molar-refractivity contribution in [3.05, 3.63) is 46.4 Å². The average molecular weight is 463 g/mol. The molecule has 1 amide bonds. The Labute approximate surface area is 179 Å². The lowest BCUT2D eigenvalue weighted by molar-refractivity contribution is -0.118. The van der Waals surface area contributed by atoms with Crippen LogP contribution in [0.3, 0.4) is 0 Å². The summed E-state index contributed by atoms with van der Waals surface area (Å²) in [6.45, 7) is 0.0100. The summed E-state index contributed by atoms with van der Waals surface area (Å²) in [5, 5.41) is 3.10. The van der Waals surface area contributed by atoms with E-state index in [1.807, 2.05) is 0 Å². The van der Waals surface area contributed by atoms with Crippen molar-refractivity contribution in [2.75, 3.05) is 39.3 Å². The van der Waals surface area contributed by atoms with Gasteiger partial charge >= 0.3 is 0 Å². The van der Waals surface area contributed by atoms with Gasteiger partial charge in [0.2, 0.25) is 10.0 Å². The van der Waals surface area contributed by atoms with Crippen molar-refractivity contribution in [3.8, 4) is 11.5 Å². The molecule has 0 aliphatic carbocycles. The predicted octanol–water partition coefficient (Wildman–Crippen LogP) is 2.94. The fourth-order valence-corrected chi connectivity index (χ4v) is 3.75. The number of carbonyl (C=O) groups excluding carboxylic acids is 1. The maximum atomic E-state index is 12.2. The lowest BCUT2D eigenvalue weighted by Gasteiger charge is -2.12. The van der Waals surface area contributed by atoms with Crippen molar-refractivity contribution in [2.24, 2.45) is 0 Å². The molecule has 29 heavy (non-hydrogen) atoms. The molecule has 2 aromatic rings. The maximum absolute atomic E-state index is 12.2. The number of amides is 1. The Morgan fingerprint density at radius 3 is 2.45 bits per heavy atom. The third-order valence-electron chi connectivity index (χ3n) is 3.61. The van der Waals surface area contributed by atoms with Crippen LogP contribution in [0, 0.1) is 0 Å². The van der Waals surface area contributed by atoms with Gasteiger partial charge in [0.25, 0.3) is 5.91 Å². The largest absolute Gasteiger partial charge is 0.495 e. The van der Waals surface area contributed by atoms with E-state index >= 15 is 0 Å². The average Bonchev–Trinajstić information content (AvgIpc) is 2.67. The van der Waals surface area contributed by atoms with Crippen molar-refractivity contribution >= 4 is 44.8 Å². The molecular formula is C18H20Cl2N2O6S. The molecule has 0 atom stereocenters. The number of sulfonamides is 1. The summed E-state index contributed by atoms with van der Waals surface area (Å²) in [6, 6.07) is 8.74. The molecule has 158 valence electrons. The first-order valence-electron chi connectivity index (χ1n) is 8.31. The van der Waals surface area contributed by atoms with E-state index in [9.17, 15) is 13.2 Å². The number of nitrogens with one attached hydrogen (secondary N) is 2. The van der Waals surface area contributed by atoms with Crippen LogP contribution >= 0.6 is 23.2 Å². The van der Waals surface area contributed by atoms with E-state index in [0.29, 0.717) is 16.5 Å². The number of rotatable bonds is 10. The summed E-state index contributed by atoms with van der Waals surface area (Å²) < 4.78 is 42.1. The monoisotopic (exact) mass is 462 g/mol. The number of hydrogen-bond donors (Lipinski definition) is 2.